The fourth-order valence-corrected chi connectivity index (χ4v) is 1.64. The number of methoxy groups -OCH3 is 1. The van der Waals surface area contributed by atoms with Gasteiger partial charge >= 0.3 is 0 Å². The van der Waals surface area contributed by atoms with Crippen LogP contribution in [0.5, 0.6) is 0 Å². The molecule has 1 aliphatic rings. The van der Waals surface area contributed by atoms with Crippen molar-refractivity contribution < 1.29 is 9.47 Å². The van der Waals surface area contributed by atoms with E-state index in [0.717, 1.165) is 26.2 Å². The first-order valence-corrected chi connectivity index (χ1v) is 5.29. The number of nitrogens with one attached hydrogen (secondary N) is 2. The largest absolute Gasteiger partial charge is 0.382 e. The minimum absolute atomic E-state index is 0.268. The zero-order valence-corrected chi connectivity index (χ0v) is 9.27. The van der Waals surface area contributed by atoms with Crippen LogP contribution >= 0.6 is 0 Å². The molecule has 2 N–H and O–H groups in total. The molecule has 1 aliphatic heterocycles. The lowest BCUT2D eigenvalue weighted by Gasteiger charge is -2.24. The SMILES string of the molecule is COCCOCCNC1(C)CCNC1. The lowest BCUT2D eigenvalue weighted by Crippen LogP contribution is -2.45. The fraction of sp³-hybridized carbons (Fsp3) is 1.00. The zero-order chi connectivity index (χ0) is 10.3. The van der Waals surface area contributed by atoms with E-state index in [4.69, 9.17) is 9.47 Å². The molecule has 0 aromatic carbocycles. The Morgan fingerprint density at radius 2 is 2.21 bits per heavy atom. The summed E-state index contributed by atoms with van der Waals surface area (Å²) in [5.41, 5.74) is 0.268. The van der Waals surface area contributed by atoms with Crippen LogP contribution in [0.4, 0.5) is 0 Å². The molecule has 1 atom stereocenters. The predicted octanol–water partition coefficient (Wildman–Crippen LogP) is -0.00900. The predicted molar refractivity (Wildman–Crippen MR) is 56.6 cm³/mol. The molecule has 1 saturated heterocycles. The molecule has 0 aromatic rings. The minimum Gasteiger partial charge on any atom is -0.382 e. The highest BCUT2D eigenvalue weighted by atomic mass is 16.5. The van der Waals surface area contributed by atoms with E-state index in [-0.39, 0.29) is 5.54 Å². The second-order valence-corrected chi connectivity index (χ2v) is 4.02. The Bertz CT molecular complexity index is 147. The van der Waals surface area contributed by atoms with Gasteiger partial charge < -0.3 is 20.1 Å². The summed E-state index contributed by atoms with van der Waals surface area (Å²) in [5.74, 6) is 0. The zero-order valence-electron chi connectivity index (χ0n) is 9.27. The molecule has 1 heterocycles. The lowest BCUT2D eigenvalue weighted by atomic mass is 10.0. The quantitative estimate of drug-likeness (QED) is 0.570. The lowest BCUT2D eigenvalue weighted by molar-refractivity contribution is 0.0696. The van der Waals surface area contributed by atoms with Crippen molar-refractivity contribution in [1.29, 1.82) is 0 Å². The molecule has 0 radical (unpaired) electrons. The van der Waals surface area contributed by atoms with Crippen LogP contribution in [0, 0.1) is 0 Å². The van der Waals surface area contributed by atoms with Gasteiger partial charge in [-0.1, -0.05) is 0 Å². The number of hydrogen-bond donors (Lipinski definition) is 2. The van der Waals surface area contributed by atoms with Crippen LogP contribution in [0.25, 0.3) is 0 Å². The molecule has 4 nitrogen and oxygen atoms in total. The Hall–Kier alpha value is -0.160. The topological polar surface area (TPSA) is 42.5 Å². The van der Waals surface area contributed by atoms with Gasteiger partial charge in [-0.3, -0.25) is 0 Å². The van der Waals surface area contributed by atoms with Gasteiger partial charge in [0, 0.05) is 25.7 Å². The van der Waals surface area contributed by atoms with Crippen molar-refractivity contribution in [3.8, 4) is 0 Å². The van der Waals surface area contributed by atoms with Crippen LogP contribution in [0.15, 0.2) is 0 Å². The van der Waals surface area contributed by atoms with Crippen LogP contribution in [0.1, 0.15) is 13.3 Å². The summed E-state index contributed by atoms with van der Waals surface area (Å²) in [7, 11) is 1.69. The molecular weight excluding hydrogens is 180 g/mol. The molecule has 1 fully saturated rings. The summed E-state index contributed by atoms with van der Waals surface area (Å²) >= 11 is 0. The maximum atomic E-state index is 5.37. The van der Waals surface area contributed by atoms with E-state index in [1.54, 1.807) is 7.11 Å². The third-order valence-electron chi connectivity index (χ3n) is 2.60. The van der Waals surface area contributed by atoms with Gasteiger partial charge in [0.25, 0.3) is 0 Å². The van der Waals surface area contributed by atoms with Gasteiger partial charge in [0.05, 0.1) is 19.8 Å². The fourth-order valence-electron chi connectivity index (χ4n) is 1.64. The van der Waals surface area contributed by atoms with Gasteiger partial charge in [-0.15, -0.1) is 0 Å². The van der Waals surface area contributed by atoms with E-state index in [1.807, 2.05) is 0 Å². The minimum atomic E-state index is 0.268. The molecule has 0 spiro atoms. The summed E-state index contributed by atoms with van der Waals surface area (Å²) in [4.78, 5) is 0. The number of ether oxygens (including phenoxy) is 2. The first-order valence-electron chi connectivity index (χ1n) is 5.29. The van der Waals surface area contributed by atoms with E-state index in [2.05, 4.69) is 17.6 Å². The Morgan fingerprint density at radius 3 is 2.86 bits per heavy atom. The molecule has 14 heavy (non-hydrogen) atoms. The highest BCUT2D eigenvalue weighted by Crippen LogP contribution is 2.12. The van der Waals surface area contributed by atoms with Crippen molar-refractivity contribution in [3.63, 3.8) is 0 Å². The Balaban J connectivity index is 1.92. The van der Waals surface area contributed by atoms with E-state index in [1.165, 1.54) is 6.42 Å². The summed E-state index contributed by atoms with van der Waals surface area (Å²) in [6, 6.07) is 0. The van der Waals surface area contributed by atoms with Crippen LogP contribution in [-0.2, 0) is 9.47 Å². The van der Waals surface area contributed by atoms with Gasteiger partial charge in [0.2, 0.25) is 0 Å². The van der Waals surface area contributed by atoms with Crippen molar-refractivity contribution in [1.82, 2.24) is 10.6 Å². The van der Waals surface area contributed by atoms with E-state index in [0.29, 0.717) is 13.2 Å². The normalized spacial score (nSPS) is 27.0. The highest BCUT2D eigenvalue weighted by Gasteiger charge is 2.26. The van der Waals surface area contributed by atoms with E-state index in [9.17, 15) is 0 Å². The highest BCUT2D eigenvalue weighted by molar-refractivity contribution is 4.91. The third-order valence-corrected chi connectivity index (χ3v) is 2.60. The molecule has 1 rings (SSSR count). The molecule has 84 valence electrons. The van der Waals surface area contributed by atoms with Crippen molar-refractivity contribution in [2.24, 2.45) is 0 Å². The summed E-state index contributed by atoms with van der Waals surface area (Å²) in [6.07, 6.45) is 1.20. The van der Waals surface area contributed by atoms with E-state index < -0.39 is 0 Å². The van der Waals surface area contributed by atoms with Gasteiger partial charge in [-0.05, 0) is 19.9 Å². The van der Waals surface area contributed by atoms with Crippen molar-refractivity contribution in [2.45, 2.75) is 18.9 Å². The molecule has 0 amide bonds. The molecule has 4 heteroatoms. The Morgan fingerprint density at radius 1 is 1.36 bits per heavy atom. The Labute approximate surface area is 86.3 Å². The second-order valence-electron chi connectivity index (χ2n) is 4.02. The smallest absolute Gasteiger partial charge is 0.0700 e. The van der Waals surface area contributed by atoms with Gasteiger partial charge in [0.1, 0.15) is 0 Å². The number of rotatable bonds is 7. The van der Waals surface area contributed by atoms with Crippen molar-refractivity contribution >= 4 is 0 Å². The summed E-state index contributed by atoms with van der Waals surface area (Å²) in [6.45, 7) is 7.48. The maximum Gasteiger partial charge on any atom is 0.0700 e. The van der Waals surface area contributed by atoms with E-state index >= 15 is 0 Å². The average Bonchev–Trinajstić information content (AvgIpc) is 2.59. The standard InChI is InChI=1S/C10H22N2O2/c1-10(3-4-11-9-10)12-5-6-14-8-7-13-2/h11-12H,3-9H2,1-2H3. The molecular formula is C10H22N2O2. The van der Waals surface area contributed by atoms with Crippen molar-refractivity contribution in [2.75, 3.05) is 46.6 Å². The Kier molecular flexibility index (Phi) is 5.40. The average molecular weight is 202 g/mol. The first-order chi connectivity index (χ1) is 6.77. The third kappa shape index (κ3) is 4.37. The van der Waals surface area contributed by atoms with Crippen LogP contribution < -0.4 is 10.6 Å². The van der Waals surface area contributed by atoms with Crippen LogP contribution in [-0.4, -0.2) is 52.1 Å². The number of hydrogen-bond acceptors (Lipinski definition) is 4. The molecule has 0 saturated carbocycles. The van der Waals surface area contributed by atoms with Crippen molar-refractivity contribution in [3.05, 3.63) is 0 Å². The van der Waals surface area contributed by atoms with Crippen LogP contribution in [0.3, 0.4) is 0 Å². The molecule has 0 aromatic heterocycles. The second kappa shape index (κ2) is 6.35. The molecule has 0 bridgehead atoms. The van der Waals surface area contributed by atoms with Crippen LogP contribution in [0.2, 0.25) is 0 Å². The molecule has 1 unspecified atom stereocenters. The molecule has 0 aliphatic carbocycles. The summed E-state index contributed by atoms with van der Waals surface area (Å²) < 4.78 is 10.3. The van der Waals surface area contributed by atoms with Gasteiger partial charge in [0.15, 0.2) is 0 Å². The first kappa shape index (κ1) is 11.9. The maximum absolute atomic E-state index is 5.37. The summed E-state index contributed by atoms with van der Waals surface area (Å²) in [5, 5.41) is 6.86. The van der Waals surface area contributed by atoms with Gasteiger partial charge in [-0.2, -0.15) is 0 Å². The van der Waals surface area contributed by atoms with Gasteiger partial charge in [-0.25, -0.2) is 0 Å². The monoisotopic (exact) mass is 202 g/mol.